The van der Waals surface area contributed by atoms with E-state index in [9.17, 15) is 4.79 Å². The molecule has 0 saturated carbocycles. The first-order valence-electron chi connectivity index (χ1n) is 6.63. The first-order valence-corrected chi connectivity index (χ1v) is 6.63. The second-order valence-corrected chi connectivity index (χ2v) is 5.30. The normalized spacial score (nSPS) is 11.2. The lowest BCUT2D eigenvalue weighted by Gasteiger charge is -2.18. The standard InChI is InChI=1S/C15H22N2O5/c1-15(2,3)22-14(18)17-16-9-10-7-8-11(19-4)13(21-6)12(10)20-5/h7-9H,1-6H3,(H,17,18)/b16-9+. The Morgan fingerprint density at radius 1 is 1.09 bits per heavy atom. The molecule has 1 amide bonds. The van der Waals surface area contributed by atoms with Crippen molar-refractivity contribution >= 4 is 12.3 Å². The molecule has 0 saturated heterocycles. The van der Waals surface area contributed by atoms with Gasteiger partial charge in [0.15, 0.2) is 11.5 Å². The number of hydrazone groups is 1. The van der Waals surface area contributed by atoms with E-state index in [4.69, 9.17) is 18.9 Å². The second kappa shape index (κ2) is 7.53. The van der Waals surface area contributed by atoms with Crippen LogP contribution in [0.2, 0.25) is 0 Å². The van der Waals surface area contributed by atoms with Crippen molar-refractivity contribution in [3.05, 3.63) is 17.7 Å². The molecule has 7 nitrogen and oxygen atoms in total. The van der Waals surface area contributed by atoms with Gasteiger partial charge in [0.1, 0.15) is 5.60 Å². The van der Waals surface area contributed by atoms with Gasteiger partial charge >= 0.3 is 6.09 Å². The Bertz CT molecular complexity index is 550. The largest absolute Gasteiger partial charge is 0.493 e. The fourth-order valence-corrected chi connectivity index (χ4v) is 1.68. The molecule has 0 aliphatic carbocycles. The maximum atomic E-state index is 11.5. The van der Waals surface area contributed by atoms with Crippen molar-refractivity contribution in [3.8, 4) is 17.2 Å². The summed E-state index contributed by atoms with van der Waals surface area (Å²) in [6, 6.07) is 3.46. The third kappa shape index (κ3) is 4.83. The van der Waals surface area contributed by atoms with Gasteiger partial charge in [0.2, 0.25) is 5.75 Å². The van der Waals surface area contributed by atoms with Crippen molar-refractivity contribution in [2.24, 2.45) is 5.10 Å². The SMILES string of the molecule is COc1ccc(/C=N/NC(=O)OC(C)(C)C)c(OC)c1OC. The van der Waals surface area contributed by atoms with Crippen molar-refractivity contribution < 1.29 is 23.7 Å². The van der Waals surface area contributed by atoms with Crippen LogP contribution in [-0.4, -0.2) is 39.2 Å². The molecule has 0 heterocycles. The summed E-state index contributed by atoms with van der Waals surface area (Å²) in [5.41, 5.74) is 2.32. The van der Waals surface area contributed by atoms with Crippen molar-refractivity contribution in [1.82, 2.24) is 5.43 Å². The van der Waals surface area contributed by atoms with Crippen LogP contribution in [-0.2, 0) is 4.74 Å². The highest BCUT2D eigenvalue weighted by Gasteiger charge is 2.16. The Kier molecular flexibility index (Phi) is 6.03. The van der Waals surface area contributed by atoms with E-state index in [2.05, 4.69) is 10.5 Å². The van der Waals surface area contributed by atoms with Gasteiger partial charge in [0.25, 0.3) is 0 Å². The molecule has 1 aromatic carbocycles. The van der Waals surface area contributed by atoms with Gasteiger partial charge in [-0.25, -0.2) is 10.2 Å². The average Bonchev–Trinajstić information content (AvgIpc) is 2.44. The van der Waals surface area contributed by atoms with Gasteiger partial charge in [-0.05, 0) is 32.9 Å². The van der Waals surface area contributed by atoms with E-state index in [1.807, 2.05) is 0 Å². The molecule has 0 aliphatic rings. The van der Waals surface area contributed by atoms with Crippen molar-refractivity contribution in [3.63, 3.8) is 0 Å². The van der Waals surface area contributed by atoms with Crippen LogP contribution < -0.4 is 19.6 Å². The molecule has 1 rings (SSSR count). The molecule has 0 spiro atoms. The van der Waals surface area contributed by atoms with Crippen LogP contribution in [0.15, 0.2) is 17.2 Å². The Morgan fingerprint density at radius 3 is 2.23 bits per heavy atom. The fourth-order valence-electron chi connectivity index (χ4n) is 1.68. The lowest BCUT2D eigenvalue weighted by Crippen LogP contribution is -2.29. The lowest BCUT2D eigenvalue weighted by atomic mass is 10.2. The molecule has 1 aromatic rings. The molecule has 0 unspecified atom stereocenters. The molecule has 0 fully saturated rings. The molecule has 0 aliphatic heterocycles. The molecule has 0 aromatic heterocycles. The maximum absolute atomic E-state index is 11.5. The summed E-state index contributed by atoms with van der Waals surface area (Å²) in [4.78, 5) is 11.5. The number of ether oxygens (including phenoxy) is 4. The molecular formula is C15H22N2O5. The summed E-state index contributed by atoms with van der Waals surface area (Å²) < 4.78 is 20.8. The Morgan fingerprint density at radius 2 is 1.73 bits per heavy atom. The monoisotopic (exact) mass is 310 g/mol. The maximum Gasteiger partial charge on any atom is 0.428 e. The first-order chi connectivity index (χ1) is 10.3. The quantitative estimate of drug-likeness (QED) is 0.668. The molecule has 22 heavy (non-hydrogen) atoms. The summed E-state index contributed by atoms with van der Waals surface area (Å²) in [5, 5.41) is 3.84. The fraction of sp³-hybridized carbons (Fsp3) is 0.467. The van der Waals surface area contributed by atoms with Gasteiger partial charge in [-0.3, -0.25) is 0 Å². The average molecular weight is 310 g/mol. The van der Waals surface area contributed by atoms with Crippen LogP contribution in [0.3, 0.4) is 0 Å². The van der Waals surface area contributed by atoms with E-state index >= 15 is 0 Å². The van der Waals surface area contributed by atoms with Gasteiger partial charge in [0.05, 0.1) is 27.5 Å². The number of rotatable bonds is 5. The minimum atomic E-state index is -0.636. The van der Waals surface area contributed by atoms with E-state index < -0.39 is 11.7 Å². The molecule has 0 atom stereocenters. The van der Waals surface area contributed by atoms with Gasteiger partial charge in [-0.15, -0.1) is 0 Å². The molecule has 0 radical (unpaired) electrons. The van der Waals surface area contributed by atoms with Crippen LogP contribution in [0.5, 0.6) is 17.2 Å². The van der Waals surface area contributed by atoms with Crippen LogP contribution in [0, 0.1) is 0 Å². The number of carbonyl (C=O) groups excluding carboxylic acids is 1. The molecule has 1 N–H and O–H groups in total. The summed E-state index contributed by atoms with van der Waals surface area (Å²) in [5.74, 6) is 1.44. The number of benzene rings is 1. The zero-order chi connectivity index (χ0) is 16.8. The summed E-state index contributed by atoms with van der Waals surface area (Å²) in [6.07, 6.45) is 0.799. The minimum absolute atomic E-state index is 0.450. The van der Waals surface area contributed by atoms with E-state index in [0.29, 0.717) is 22.8 Å². The highest BCUT2D eigenvalue weighted by atomic mass is 16.6. The van der Waals surface area contributed by atoms with Crippen molar-refractivity contribution in [1.29, 1.82) is 0 Å². The molecule has 7 heteroatoms. The van der Waals surface area contributed by atoms with Crippen LogP contribution in [0.4, 0.5) is 4.79 Å². The lowest BCUT2D eigenvalue weighted by molar-refractivity contribution is 0.0529. The number of nitrogens with zero attached hydrogens (tertiary/aromatic N) is 1. The Hall–Kier alpha value is -2.44. The predicted octanol–water partition coefficient (Wildman–Crippen LogP) is 2.57. The third-order valence-electron chi connectivity index (χ3n) is 2.49. The Balaban J connectivity index is 2.89. The predicted molar refractivity (Wildman–Crippen MR) is 83.1 cm³/mol. The van der Waals surface area contributed by atoms with E-state index in [1.54, 1.807) is 32.9 Å². The van der Waals surface area contributed by atoms with Crippen LogP contribution >= 0.6 is 0 Å². The zero-order valence-electron chi connectivity index (χ0n) is 13.7. The molecule has 0 bridgehead atoms. The van der Waals surface area contributed by atoms with Crippen molar-refractivity contribution in [2.75, 3.05) is 21.3 Å². The number of hydrogen-bond donors (Lipinski definition) is 1. The summed E-state index contributed by atoms with van der Waals surface area (Å²) >= 11 is 0. The Labute approximate surface area is 130 Å². The zero-order valence-corrected chi connectivity index (χ0v) is 13.7. The number of nitrogens with one attached hydrogen (secondary N) is 1. The number of hydrogen-bond acceptors (Lipinski definition) is 6. The van der Waals surface area contributed by atoms with E-state index in [-0.39, 0.29) is 0 Å². The minimum Gasteiger partial charge on any atom is -0.493 e. The van der Waals surface area contributed by atoms with Gasteiger partial charge in [-0.2, -0.15) is 5.10 Å². The smallest absolute Gasteiger partial charge is 0.428 e. The number of carbonyl (C=O) groups is 1. The third-order valence-corrected chi connectivity index (χ3v) is 2.49. The number of methoxy groups -OCH3 is 3. The highest BCUT2D eigenvalue weighted by Crippen LogP contribution is 2.38. The van der Waals surface area contributed by atoms with E-state index in [0.717, 1.165) is 0 Å². The first kappa shape index (κ1) is 17.6. The van der Waals surface area contributed by atoms with Gasteiger partial charge < -0.3 is 18.9 Å². The topological polar surface area (TPSA) is 78.4 Å². The van der Waals surface area contributed by atoms with Crippen LogP contribution in [0.1, 0.15) is 26.3 Å². The second-order valence-electron chi connectivity index (χ2n) is 5.30. The highest BCUT2D eigenvalue weighted by molar-refractivity contribution is 5.86. The summed E-state index contributed by atoms with van der Waals surface area (Å²) in [7, 11) is 4.56. The van der Waals surface area contributed by atoms with Crippen molar-refractivity contribution in [2.45, 2.75) is 26.4 Å². The van der Waals surface area contributed by atoms with E-state index in [1.165, 1.54) is 27.5 Å². The number of amides is 1. The molecular weight excluding hydrogens is 288 g/mol. The van der Waals surface area contributed by atoms with Crippen LogP contribution in [0.25, 0.3) is 0 Å². The molecule has 122 valence electrons. The van der Waals surface area contributed by atoms with Gasteiger partial charge in [-0.1, -0.05) is 0 Å². The summed E-state index contributed by atoms with van der Waals surface area (Å²) in [6.45, 7) is 5.31. The van der Waals surface area contributed by atoms with Gasteiger partial charge in [0, 0.05) is 5.56 Å².